The maximum absolute atomic E-state index is 12.4. The number of nitrogens with zero attached hydrogens (tertiary/aromatic N) is 1. The van der Waals surface area contributed by atoms with Gasteiger partial charge in [0.05, 0.1) is 19.8 Å². The van der Waals surface area contributed by atoms with E-state index in [9.17, 15) is 13.2 Å². The topological polar surface area (TPSA) is 75.7 Å². The monoisotopic (exact) mass is 332 g/mol. The molecule has 8 heteroatoms. The van der Waals surface area contributed by atoms with Crippen molar-refractivity contribution >= 4 is 27.3 Å². The van der Waals surface area contributed by atoms with Gasteiger partial charge in [0, 0.05) is 24.4 Å². The average molecular weight is 332 g/mol. The molecule has 1 amide bonds. The van der Waals surface area contributed by atoms with Gasteiger partial charge in [-0.3, -0.25) is 4.79 Å². The van der Waals surface area contributed by atoms with Gasteiger partial charge in [-0.05, 0) is 18.6 Å². The molecule has 0 radical (unpaired) electrons. The summed E-state index contributed by atoms with van der Waals surface area (Å²) >= 11 is 1.21. The van der Waals surface area contributed by atoms with Gasteiger partial charge in [-0.1, -0.05) is 6.92 Å². The second kappa shape index (κ2) is 7.35. The van der Waals surface area contributed by atoms with Crippen LogP contribution in [0.5, 0.6) is 0 Å². The molecule has 1 aliphatic rings. The molecule has 1 N–H and O–H groups in total. The van der Waals surface area contributed by atoms with Crippen LogP contribution in [0.3, 0.4) is 0 Å². The van der Waals surface area contributed by atoms with Crippen LogP contribution in [0, 0.1) is 0 Å². The molecule has 1 aromatic rings. The lowest BCUT2D eigenvalue weighted by Crippen LogP contribution is -2.40. The summed E-state index contributed by atoms with van der Waals surface area (Å²) in [4.78, 5) is 12.3. The summed E-state index contributed by atoms with van der Waals surface area (Å²) in [6, 6.07) is 3.36. The Kier molecular flexibility index (Phi) is 5.74. The summed E-state index contributed by atoms with van der Waals surface area (Å²) in [5, 5.41) is 2.79. The molecule has 1 fully saturated rings. The molecule has 2 heterocycles. The van der Waals surface area contributed by atoms with E-state index in [1.165, 1.54) is 15.6 Å². The fourth-order valence-electron chi connectivity index (χ4n) is 2.01. The zero-order valence-corrected chi connectivity index (χ0v) is 13.6. The highest BCUT2D eigenvalue weighted by molar-refractivity contribution is 7.91. The van der Waals surface area contributed by atoms with Gasteiger partial charge in [0.1, 0.15) is 4.21 Å². The largest absolute Gasteiger partial charge is 0.379 e. The van der Waals surface area contributed by atoms with Crippen molar-refractivity contribution in [2.45, 2.75) is 30.5 Å². The first kappa shape index (κ1) is 16.4. The van der Waals surface area contributed by atoms with Crippen molar-refractivity contribution in [2.75, 3.05) is 26.3 Å². The van der Waals surface area contributed by atoms with E-state index < -0.39 is 10.0 Å². The molecule has 0 unspecified atom stereocenters. The van der Waals surface area contributed by atoms with E-state index in [4.69, 9.17) is 4.74 Å². The van der Waals surface area contributed by atoms with Crippen LogP contribution >= 0.6 is 11.3 Å². The van der Waals surface area contributed by atoms with E-state index in [2.05, 4.69) is 5.32 Å². The first-order valence-corrected chi connectivity index (χ1v) is 9.23. The van der Waals surface area contributed by atoms with Gasteiger partial charge in [0.15, 0.2) is 0 Å². The number of amides is 1. The Morgan fingerprint density at radius 3 is 2.76 bits per heavy atom. The normalized spacial score (nSPS) is 16.8. The molecule has 2 rings (SSSR count). The molecule has 118 valence electrons. The average Bonchev–Trinajstić information content (AvgIpc) is 2.96. The van der Waals surface area contributed by atoms with Crippen molar-refractivity contribution in [1.29, 1.82) is 0 Å². The third-order valence-corrected chi connectivity index (χ3v) is 6.59. The van der Waals surface area contributed by atoms with Crippen molar-refractivity contribution in [3.63, 3.8) is 0 Å². The van der Waals surface area contributed by atoms with Crippen molar-refractivity contribution < 1.29 is 17.9 Å². The summed E-state index contributed by atoms with van der Waals surface area (Å²) in [5.41, 5.74) is 0. The van der Waals surface area contributed by atoms with Crippen LogP contribution in [0.2, 0.25) is 0 Å². The van der Waals surface area contributed by atoms with Crippen LogP contribution < -0.4 is 5.32 Å². The molecule has 6 nitrogen and oxygen atoms in total. The molecular formula is C13H20N2O4S2. The molecule has 1 aromatic heterocycles. The van der Waals surface area contributed by atoms with E-state index in [0.29, 0.717) is 43.5 Å². The fraction of sp³-hybridized carbons (Fsp3) is 0.615. The SMILES string of the molecule is CCCC(=O)NCc1ccc(S(=O)(=O)N2CCOCC2)s1. The first-order valence-electron chi connectivity index (χ1n) is 6.97. The first-order chi connectivity index (χ1) is 10.0. The van der Waals surface area contributed by atoms with E-state index >= 15 is 0 Å². The van der Waals surface area contributed by atoms with Crippen molar-refractivity contribution in [1.82, 2.24) is 9.62 Å². The van der Waals surface area contributed by atoms with Crippen molar-refractivity contribution in [2.24, 2.45) is 0 Å². The Labute approximate surface area is 129 Å². The number of carbonyl (C=O) groups is 1. The number of carbonyl (C=O) groups excluding carboxylic acids is 1. The Hall–Kier alpha value is -0.960. The van der Waals surface area contributed by atoms with Crippen LogP contribution in [0.4, 0.5) is 0 Å². The number of nitrogens with one attached hydrogen (secondary N) is 1. The highest BCUT2D eigenvalue weighted by Crippen LogP contribution is 2.25. The predicted molar refractivity (Wildman–Crippen MR) is 80.7 cm³/mol. The van der Waals surface area contributed by atoms with Crippen LogP contribution in [-0.4, -0.2) is 44.9 Å². The summed E-state index contributed by atoms with van der Waals surface area (Å²) in [6.45, 7) is 3.97. The summed E-state index contributed by atoms with van der Waals surface area (Å²) < 4.78 is 31.8. The highest BCUT2D eigenvalue weighted by Gasteiger charge is 2.27. The molecule has 0 atom stereocenters. The van der Waals surface area contributed by atoms with Crippen LogP contribution in [0.15, 0.2) is 16.3 Å². The predicted octanol–water partition coefficient (Wildman–Crippen LogP) is 1.19. The second-order valence-corrected chi connectivity index (χ2v) is 8.10. The van der Waals surface area contributed by atoms with Gasteiger partial charge in [-0.2, -0.15) is 4.31 Å². The van der Waals surface area contributed by atoms with Gasteiger partial charge in [0.2, 0.25) is 5.91 Å². The van der Waals surface area contributed by atoms with E-state index in [-0.39, 0.29) is 5.91 Å². The molecule has 21 heavy (non-hydrogen) atoms. The Morgan fingerprint density at radius 2 is 2.10 bits per heavy atom. The van der Waals surface area contributed by atoms with Gasteiger partial charge >= 0.3 is 0 Å². The molecule has 1 saturated heterocycles. The van der Waals surface area contributed by atoms with Gasteiger partial charge in [-0.25, -0.2) is 8.42 Å². The summed E-state index contributed by atoms with van der Waals surface area (Å²) in [6.07, 6.45) is 1.29. The zero-order valence-electron chi connectivity index (χ0n) is 12.0. The smallest absolute Gasteiger partial charge is 0.252 e. The number of hydrogen-bond donors (Lipinski definition) is 1. The molecule has 0 bridgehead atoms. The van der Waals surface area contributed by atoms with E-state index in [1.807, 2.05) is 6.92 Å². The minimum atomic E-state index is -3.43. The molecule has 0 saturated carbocycles. The lowest BCUT2D eigenvalue weighted by Gasteiger charge is -2.25. The Bertz CT molecular complexity index is 577. The summed E-state index contributed by atoms with van der Waals surface area (Å²) in [5.74, 6) is -0.0107. The maximum Gasteiger partial charge on any atom is 0.252 e. The Morgan fingerprint density at radius 1 is 1.38 bits per heavy atom. The third kappa shape index (κ3) is 4.26. The molecule has 0 aliphatic carbocycles. The molecule has 0 aromatic carbocycles. The lowest BCUT2D eigenvalue weighted by atomic mass is 10.3. The highest BCUT2D eigenvalue weighted by atomic mass is 32.2. The number of hydrogen-bond acceptors (Lipinski definition) is 5. The lowest BCUT2D eigenvalue weighted by molar-refractivity contribution is -0.121. The van der Waals surface area contributed by atoms with Gasteiger partial charge < -0.3 is 10.1 Å². The minimum Gasteiger partial charge on any atom is -0.379 e. The number of thiophene rings is 1. The van der Waals surface area contributed by atoms with Crippen LogP contribution in [0.25, 0.3) is 0 Å². The summed E-state index contributed by atoms with van der Waals surface area (Å²) in [7, 11) is -3.43. The standard InChI is InChI=1S/C13H20N2O4S2/c1-2-3-12(16)14-10-11-4-5-13(20-11)21(17,18)15-6-8-19-9-7-15/h4-5H,2-3,6-10H2,1H3,(H,14,16). The van der Waals surface area contributed by atoms with E-state index in [1.54, 1.807) is 12.1 Å². The van der Waals surface area contributed by atoms with Crippen molar-refractivity contribution in [3.8, 4) is 0 Å². The Balaban J connectivity index is 2.00. The molecular weight excluding hydrogens is 312 g/mol. The fourth-order valence-corrected chi connectivity index (χ4v) is 4.87. The second-order valence-electron chi connectivity index (χ2n) is 4.76. The number of morpholine rings is 1. The number of ether oxygens (including phenoxy) is 1. The van der Waals surface area contributed by atoms with Crippen LogP contribution in [0.1, 0.15) is 24.6 Å². The number of rotatable bonds is 6. The zero-order chi connectivity index (χ0) is 15.3. The third-order valence-electron chi connectivity index (χ3n) is 3.14. The number of sulfonamides is 1. The maximum atomic E-state index is 12.4. The van der Waals surface area contributed by atoms with E-state index in [0.717, 1.165) is 11.3 Å². The quantitative estimate of drug-likeness (QED) is 0.849. The van der Waals surface area contributed by atoms with Gasteiger partial charge in [-0.15, -0.1) is 11.3 Å². The van der Waals surface area contributed by atoms with Crippen LogP contribution in [-0.2, 0) is 26.1 Å². The molecule has 0 spiro atoms. The molecule has 1 aliphatic heterocycles. The van der Waals surface area contributed by atoms with Crippen molar-refractivity contribution in [3.05, 3.63) is 17.0 Å². The minimum absolute atomic E-state index is 0.0107. The van der Waals surface area contributed by atoms with Gasteiger partial charge in [0.25, 0.3) is 10.0 Å².